The number of benzene rings is 2. The molecule has 1 N–H and O–H groups in total. The van der Waals surface area contributed by atoms with Crippen LogP contribution in [0.25, 0.3) is 0 Å². The molecule has 3 rings (SSSR count). The Bertz CT molecular complexity index is 840. The van der Waals surface area contributed by atoms with E-state index in [1.165, 1.54) is 17.8 Å². The Morgan fingerprint density at radius 2 is 1.89 bits per heavy atom. The second kappa shape index (κ2) is 9.24. The summed E-state index contributed by atoms with van der Waals surface area (Å²) in [6.07, 6.45) is 2.18. The molecular weight excluding hydrogens is 387 g/mol. The Balaban J connectivity index is 1.61. The van der Waals surface area contributed by atoms with Crippen molar-refractivity contribution < 1.29 is 14.0 Å². The first-order valence-corrected chi connectivity index (χ1v) is 10.2. The number of hydrogen-bond acceptors (Lipinski definition) is 3. The first-order chi connectivity index (χ1) is 13.0. The number of likely N-dealkylation sites (tertiary alicyclic amines) is 1. The average Bonchev–Trinajstić information content (AvgIpc) is 3.19. The van der Waals surface area contributed by atoms with Crippen molar-refractivity contribution in [2.24, 2.45) is 0 Å². The predicted octanol–water partition coefficient (Wildman–Crippen LogP) is 4.84. The SMILES string of the molecule is O=C(CCSc1ccccc1F)Nc1ccc(Cl)cc1C(=O)N1CCCC1. The van der Waals surface area contributed by atoms with Crippen LogP contribution in [0.15, 0.2) is 47.4 Å². The summed E-state index contributed by atoms with van der Waals surface area (Å²) < 4.78 is 13.6. The van der Waals surface area contributed by atoms with Gasteiger partial charge in [0, 0.05) is 35.2 Å². The summed E-state index contributed by atoms with van der Waals surface area (Å²) in [4.78, 5) is 27.3. The van der Waals surface area contributed by atoms with Crippen molar-refractivity contribution in [3.8, 4) is 0 Å². The van der Waals surface area contributed by atoms with Crippen LogP contribution in [-0.4, -0.2) is 35.6 Å². The van der Waals surface area contributed by atoms with Gasteiger partial charge in [-0.1, -0.05) is 23.7 Å². The standard InChI is InChI=1S/C20H20ClFN2O2S/c21-14-7-8-17(15(13-14)20(26)24-10-3-4-11-24)23-19(25)9-12-27-18-6-2-1-5-16(18)22/h1-2,5-8,13H,3-4,9-12H2,(H,23,25). The lowest BCUT2D eigenvalue weighted by Gasteiger charge is -2.18. The molecule has 27 heavy (non-hydrogen) atoms. The summed E-state index contributed by atoms with van der Waals surface area (Å²) in [5, 5.41) is 3.24. The van der Waals surface area contributed by atoms with Crippen molar-refractivity contribution in [2.45, 2.75) is 24.2 Å². The number of carbonyl (C=O) groups is 2. The Hall–Kier alpha value is -2.05. The van der Waals surface area contributed by atoms with Crippen LogP contribution in [0.4, 0.5) is 10.1 Å². The van der Waals surface area contributed by atoms with Crippen molar-refractivity contribution in [1.29, 1.82) is 0 Å². The highest BCUT2D eigenvalue weighted by Crippen LogP contribution is 2.25. The fourth-order valence-corrected chi connectivity index (χ4v) is 3.98. The molecule has 2 aromatic carbocycles. The van der Waals surface area contributed by atoms with E-state index in [1.54, 1.807) is 41.3 Å². The molecule has 0 aromatic heterocycles. The Labute approximate surface area is 167 Å². The lowest BCUT2D eigenvalue weighted by molar-refractivity contribution is -0.115. The second-order valence-corrected chi connectivity index (χ2v) is 7.84. The van der Waals surface area contributed by atoms with Crippen LogP contribution in [0, 0.1) is 5.82 Å². The van der Waals surface area contributed by atoms with Gasteiger partial charge < -0.3 is 10.2 Å². The Morgan fingerprint density at radius 3 is 2.63 bits per heavy atom. The average molecular weight is 407 g/mol. The normalized spacial score (nSPS) is 13.6. The van der Waals surface area contributed by atoms with Crippen molar-refractivity contribution >= 4 is 40.9 Å². The van der Waals surface area contributed by atoms with Gasteiger partial charge in [-0.05, 0) is 43.2 Å². The van der Waals surface area contributed by atoms with Gasteiger partial charge in [-0.2, -0.15) is 0 Å². The first-order valence-electron chi connectivity index (χ1n) is 8.80. The van der Waals surface area contributed by atoms with Crippen LogP contribution in [0.2, 0.25) is 5.02 Å². The van der Waals surface area contributed by atoms with Gasteiger partial charge in [0.05, 0.1) is 11.3 Å². The molecule has 1 aliphatic rings. The minimum atomic E-state index is -0.292. The van der Waals surface area contributed by atoms with Crippen LogP contribution >= 0.6 is 23.4 Å². The maximum Gasteiger partial charge on any atom is 0.256 e. The molecule has 1 saturated heterocycles. The molecule has 4 nitrogen and oxygen atoms in total. The van der Waals surface area contributed by atoms with Crippen molar-refractivity contribution in [3.63, 3.8) is 0 Å². The van der Waals surface area contributed by atoms with Gasteiger partial charge >= 0.3 is 0 Å². The summed E-state index contributed by atoms with van der Waals surface area (Å²) in [6, 6.07) is 11.3. The largest absolute Gasteiger partial charge is 0.339 e. The highest BCUT2D eigenvalue weighted by molar-refractivity contribution is 7.99. The third kappa shape index (κ3) is 5.23. The zero-order chi connectivity index (χ0) is 19.2. The lowest BCUT2D eigenvalue weighted by Crippen LogP contribution is -2.29. The monoisotopic (exact) mass is 406 g/mol. The number of nitrogens with zero attached hydrogens (tertiary/aromatic N) is 1. The quantitative estimate of drug-likeness (QED) is 0.698. The molecule has 0 aliphatic carbocycles. The first kappa shape index (κ1) is 19.7. The van der Waals surface area contributed by atoms with E-state index in [1.807, 2.05) is 0 Å². The molecular formula is C20H20ClFN2O2S. The molecule has 1 aliphatic heterocycles. The highest BCUT2D eigenvalue weighted by Gasteiger charge is 2.22. The smallest absolute Gasteiger partial charge is 0.256 e. The Kier molecular flexibility index (Phi) is 6.74. The molecule has 0 saturated carbocycles. The lowest BCUT2D eigenvalue weighted by atomic mass is 10.1. The molecule has 0 atom stereocenters. The zero-order valence-electron chi connectivity index (χ0n) is 14.7. The van der Waals surface area contributed by atoms with Crippen LogP contribution in [0.5, 0.6) is 0 Å². The maximum atomic E-state index is 13.6. The van der Waals surface area contributed by atoms with Crippen LogP contribution < -0.4 is 5.32 Å². The number of halogens is 2. The van der Waals surface area contributed by atoms with Gasteiger partial charge in [-0.3, -0.25) is 9.59 Å². The second-order valence-electron chi connectivity index (χ2n) is 6.27. The molecule has 0 radical (unpaired) electrons. The topological polar surface area (TPSA) is 49.4 Å². The molecule has 142 valence electrons. The molecule has 1 heterocycles. The van der Waals surface area contributed by atoms with E-state index in [2.05, 4.69) is 5.32 Å². The zero-order valence-corrected chi connectivity index (χ0v) is 16.3. The molecule has 2 amide bonds. The van der Waals surface area contributed by atoms with Gasteiger partial charge in [0.1, 0.15) is 5.82 Å². The van der Waals surface area contributed by atoms with E-state index in [-0.39, 0.29) is 24.1 Å². The van der Waals surface area contributed by atoms with Gasteiger partial charge in [-0.25, -0.2) is 4.39 Å². The van der Waals surface area contributed by atoms with Crippen LogP contribution in [0.3, 0.4) is 0 Å². The summed E-state index contributed by atoms with van der Waals surface area (Å²) in [5.74, 6) is -0.197. The van der Waals surface area contributed by atoms with Crippen molar-refractivity contribution in [3.05, 3.63) is 58.9 Å². The number of carbonyl (C=O) groups excluding carboxylic acids is 2. The Morgan fingerprint density at radius 1 is 1.15 bits per heavy atom. The van der Waals surface area contributed by atoms with E-state index < -0.39 is 0 Å². The molecule has 2 aromatic rings. The van der Waals surface area contributed by atoms with Gasteiger partial charge in [0.15, 0.2) is 0 Å². The summed E-state index contributed by atoms with van der Waals surface area (Å²) >= 11 is 7.34. The minimum Gasteiger partial charge on any atom is -0.339 e. The maximum absolute atomic E-state index is 13.6. The number of anilines is 1. The van der Waals surface area contributed by atoms with Gasteiger partial charge in [0.25, 0.3) is 5.91 Å². The molecule has 0 spiro atoms. The summed E-state index contributed by atoms with van der Waals surface area (Å²) in [6.45, 7) is 1.44. The number of amides is 2. The van der Waals surface area contributed by atoms with E-state index in [0.717, 1.165) is 25.9 Å². The molecule has 1 fully saturated rings. The minimum absolute atomic E-state index is 0.119. The highest BCUT2D eigenvalue weighted by atomic mass is 35.5. The summed E-state index contributed by atoms with van der Waals surface area (Å²) in [5.41, 5.74) is 0.858. The molecule has 7 heteroatoms. The number of nitrogens with one attached hydrogen (secondary N) is 1. The number of hydrogen-bond donors (Lipinski definition) is 1. The van der Waals surface area contributed by atoms with Crippen molar-refractivity contribution in [1.82, 2.24) is 4.90 Å². The fourth-order valence-electron chi connectivity index (χ4n) is 2.92. The number of rotatable bonds is 6. The van der Waals surface area contributed by atoms with E-state index in [4.69, 9.17) is 11.6 Å². The van der Waals surface area contributed by atoms with E-state index in [9.17, 15) is 14.0 Å². The van der Waals surface area contributed by atoms with Gasteiger partial charge in [0.2, 0.25) is 5.91 Å². The fraction of sp³-hybridized carbons (Fsp3) is 0.300. The van der Waals surface area contributed by atoms with Crippen LogP contribution in [-0.2, 0) is 4.79 Å². The third-order valence-corrected chi connectivity index (χ3v) is 5.59. The predicted molar refractivity (Wildman–Crippen MR) is 107 cm³/mol. The van der Waals surface area contributed by atoms with E-state index in [0.29, 0.717) is 26.9 Å². The van der Waals surface area contributed by atoms with E-state index >= 15 is 0 Å². The van der Waals surface area contributed by atoms with Crippen molar-refractivity contribution in [2.75, 3.05) is 24.2 Å². The third-order valence-electron chi connectivity index (χ3n) is 4.30. The molecule has 0 bridgehead atoms. The van der Waals surface area contributed by atoms with Crippen LogP contribution in [0.1, 0.15) is 29.6 Å². The summed E-state index contributed by atoms with van der Waals surface area (Å²) in [7, 11) is 0. The number of thioether (sulfide) groups is 1. The molecule has 0 unspecified atom stereocenters. The van der Waals surface area contributed by atoms with Gasteiger partial charge in [-0.15, -0.1) is 11.8 Å².